The highest BCUT2D eigenvalue weighted by Crippen LogP contribution is 2.51. The first-order valence-electron chi connectivity index (χ1n) is 6.45. The number of aryl methyl sites for hydroxylation is 1. The number of likely N-dealkylation sites (tertiary alicyclic amines) is 1. The Kier molecular flexibility index (Phi) is 2.90. The van der Waals surface area contributed by atoms with Crippen molar-refractivity contribution in [1.82, 2.24) is 9.88 Å². The van der Waals surface area contributed by atoms with Gasteiger partial charge >= 0.3 is 5.97 Å². The summed E-state index contributed by atoms with van der Waals surface area (Å²) in [6.07, 6.45) is 1.97. The molecule has 3 atom stereocenters. The molecule has 0 amide bonds. The summed E-state index contributed by atoms with van der Waals surface area (Å²) in [5.74, 6) is -0.0411. The molecule has 1 N–H and O–H groups in total. The normalized spacial score (nSPS) is 31.8. The molecule has 4 nitrogen and oxygen atoms in total. The Bertz CT molecular complexity index is 485. The highest BCUT2D eigenvalue weighted by Gasteiger charge is 2.46. The Morgan fingerprint density at radius 1 is 1.56 bits per heavy atom. The monoisotopic (exact) mass is 266 g/mol. The lowest BCUT2D eigenvalue weighted by molar-refractivity contribution is -0.138. The number of rotatable bonds is 3. The van der Waals surface area contributed by atoms with Gasteiger partial charge in [-0.1, -0.05) is 0 Å². The summed E-state index contributed by atoms with van der Waals surface area (Å²) in [4.78, 5) is 19.2. The first kappa shape index (κ1) is 12.1. The van der Waals surface area contributed by atoms with Crippen molar-refractivity contribution in [2.75, 3.05) is 20.1 Å². The Hall–Kier alpha value is -0.940. The van der Waals surface area contributed by atoms with Crippen LogP contribution in [0.1, 0.15) is 40.3 Å². The maximum atomic E-state index is 10.9. The largest absolute Gasteiger partial charge is 0.481 e. The number of nitrogens with zero attached hydrogens (tertiary/aromatic N) is 2. The maximum Gasteiger partial charge on any atom is 0.307 e. The maximum absolute atomic E-state index is 10.9. The van der Waals surface area contributed by atoms with Crippen LogP contribution in [0, 0.1) is 12.8 Å². The summed E-state index contributed by atoms with van der Waals surface area (Å²) in [6.45, 7) is 4.24. The first-order valence-corrected chi connectivity index (χ1v) is 7.26. The van der Waals surface area contributed by atoms with E-state index < -0.39 is 5.97 Å². The van der Waals surface area contributed by atoms with Crippen LogP contribution >= 0.6 is 11.3 Å². The van der Waals surface area contributed by atoms with Crippen LogP contribution in [0.25, 0.3) is 0 Å². The molecule has 2 fully saturated rings. The van der Waals surface area contributed by atoms with E-state index in [2.05, 4.69) is 16.9 Å². The number of thiazole rings is 1. The van der Waals surface area contributed by atoms with Crippen LogP contribution in [0.2, 0.25) is 0 Å². The van der Waals surface area contributed by atoms with E-state index in [1.807, 2.05) is 6.92 Å². The fourth-order valence-electron chi connectivity index (χ4n) is 2.84. The number of aliphatic carboxylic acids is 1. The summed E-state index contributed by atoms with van der Waals surface area (Å²) >= 11 is 1.75. The van der Waals surface area contributed by atoms with Crippen molar-refractivity contribution in [3.05, 3.63) is 15.6 Å². The quantitative estimate of drug-likeness (QED) is 0.910. The molecule has 1 aliphatic heterocycles. The fourth-order valence-corrected chi connectivity index (χ4v) is 4.21. The van der Waals surface area contributed by atoms with Gasteiger partial charge in [0.05, 0.1) is 16.6 Å². The Morgan fingerprint density at radius 3 is 2.89 bits per heavy atom. The molecule has 0 aromatic carbocycles. The number of hydrogen-bond donors (Lipinski definition) is 1. The minimum Gasteiger partial charge on any atom is -0.481 e. The number of carboxylic acids is 1. The Morgan fingerprint density at radius 2 is 2.33 bits per heavy atom. The van der Waals surface area contributed by atoms with Crippen LogP contribution in [0.3, 0.4) is 0 Å². The van der Waals surface area contributed by atoms with Crippen molar-refractivity contribution in [3.63, 3.8) is 0 Å². The molecule has 18 heavy (non-hydrogen) atoms. The van der Waals surface area contributed by atoms with Gasteiger partial charge in [-0.05, 0) is 33.4 Å². The zero-order valence-corrected chi connectivity index (χ0v) is 11.5. The molecule has 1 aliphatic carbocycles. The summed E-state index contributed by atoms with van der Waals surface area (Å²) in [5.41, 5.74) is 1.05. The van der Waals surface area contributed by atoms with Gasteiger partial charge < -0.3 is 10.0 Å². The van der Waals surface area contributed by atoms with Gasteiger partial charge in [0.15, 0.2) is 0 Å². The smallest absolute Gasteiger partial charge is 0.307 e. The third kappa shape index (κ3) is 2.06. The zero-order valence-electron chi connectivity index (χ0n) is 10.7. The molecular formula is C13H18N2O2S. The third-order valence-corrected chi connectivity index (χ3v) is 5.49. The van der Waals surface area contributed by atoms with Gasteiger partial charge in [0.1, 0.15) is 0 Å². The minimum atomic E-state index is -0.657. The molecule has 2 heterocycles. The summed E-state index contributed by atoms with van der Waals surface area (Å²) < 4.78 is 0. The van der Waals surface area contributed by atoms with Crippen molar-refractivity contribution in [2.24, 2.45) is 5.92 Å². The van der Waals surface area contributed by atoms with Gasteiger partial charge in [0.25, 0.3) is 0 Å². The van der Waals surface area contributed by atoms with Gasteiger partial charge in [0.2, 0.25) is 0 Å². The topological polar surface area (TPSA) is 53.4 Å². The Labute approximate surface area is 111 Å². The molecule has 5 heteroatoms. The highest BCUT2D eigenvalue weighted by atomic mass is 32.1. The second kappa shape index (κ2) is 4.31. The molecule has 0 radical (unpaired) electrons. The molecule has 1 aromatic rings. The minimum absolute atomic E-state index is 0.164. The van der Waals surface area contributed by atoms with E-state index in [0.29, 0.717) is 5.92 Å². The van der Waals surface area contributed by atoms with Crippen LogP contribution in [-0.4, -0.2) is 41.1 Å². The molecular weight excluding hydrogens is 248 g/mol. The molecule has 3 unspecified atom stereocenters. The Balaban J connectivity index is 1.77. The molecule has 1 aromatic heterocycles. The van der Waals surface area contributed by atoms with Crippen LogP contribution in [0.15, 0.2) is 0 Å². The second-order valence-corrected chi connectivity index (χ2v) is 6.60. The average Bonchev–Trinajstić information content (AvgIpc) is 2.85. The van der Waals surface area contributed by atoms with E-state index in [0.717, 1.165) is 25.2 Å². The number of carboxylic acid groups (broad SMARTS) is 1. The molecule has 98 valence electrons. The lowest BCUT2D eigenvalue weighted by atomic mass is 10.1. The molecule has 3 rings (SSSR count). The van der Waals surface area contributed by atoms with Gasteiger partial charge in [-0.25, -0.2) is 4.98 Å². The van der Waals surface area contributed by atoms with E-state index in [-0.39, 0.29) is 11.8 Å². The van der Waals surface area contributed by atoms with E-state index in [1.54, 1.807) is 11.3 Å². The molecule has 0 spiro atoms. The van der Waals surface area contributed by atoms with Gasteiger partial charge in [-0.15, -0.1) is 11.3 Å². The lowest BCUT2D eigenvalue weighted by Gasteiger charge is -2.06. The van der Waals surface area contributed by atoms with Crippen LogP contribution < -0.4 is 0 Å². The molecule has 0 bridgehead atoms. The number of likely N-dealkylation sites (N-methyl/N-ethyl adjacent to an activating group) is 1. The van der Waals surface area contributed by atoms with Crippen molar-refractivity contribution < 1.29 is 9.90 Å². The fraction of sp³-hybridized carbons (Fsp3) is 0.692. The SMILES string of the molecule is Cc1nc(C2CCN(C)C2)sc1C1CC1C(=O)O. The number of hydrogen-bond acceptors (Lipinski definition) is 4. The summed E-state index contributed by atoms with van der Waals surface area (Å²) in [6, 6.07) is 0. The number of aromatic nitrogens is 1. The third-order valence-electron chi connectivity index (χ3n) is 4.03. The van der Waals surface area contributed by atoms with E-state index in [1.165, 1.54) is 16.3 Å². The first-order chi connectivity index (χ1) is 8.56. The van der Waals surface area contributed by atoms with Crippen molar-refractivity contribution >= 4 is 17.3 Å². The molecule has 1 saturated carbocycles. The van der Waals surface area contributed by atoms with Crippen LogP contribution in [0.4, 0.5) is 0 Å². The second-order valence-electron chi connectivity index (χ2n) is 5.54. The average molecular weight is 266 g/mol. The predicted octanol–water partition coefficient (Wildman–Crippen LogP) is 2.06. The van der Waals surface area contributed by atoms with Crippen molar-refractivity contribution in [2.45, 2.75) is 31.6 Å². The summed E-state index contributed by atoms with van der Waals surface area (Å²) in [5, 5.41) is 10.2. The van der Waals surface area contributed by atoms with Gasteiger partial charge in [-0.3, -0.25) is 4.79 Å². The van der Waals surface area contributed by atoms with E-state index in [4.69, 9.17) is 5.11 Å². The van der Waals surface area contributed by atoms with Crippen LogP contribution in [0.5, 0.6) is 0 Å². The molecule has 1 saturated heterocycles. The predicted molar refractivity (Wildman–Crippen MR) is 70.2 cm³/mol. The zero-order chi connectivity index (χ0) is 12.9. The highest BCUT2D eigenvalue weighted by molar-refractivity contribution is 7.12. The van der Waals surface area contributed by atoms with Gasteiger partial charge in [0, 0.05) is 23.3 Å². The number of carbonyl (C=O) groups is 1. The lowest BCUT2D eigenvalue weighted by Crippen LogP contribution is -2.13. The van der Waals surface area contributed by atoms with Gasteiger partial charge in [-0.2, -0.15) is 0 Å². The van der Waals surface area contributed by atoms with Crippen molar-refractivity contribution in [3.8, 4) is 0 Å². The van der Waals surface area contributed by atoms with E-state index >= 15 is 0 Å². The summed E-state index contributed by atoms with van der Waals surface area (Å²) in [7, 11) is 2.14. The van der Waals surface area contributed by atoms with Crippen LogP contribution in [-0.2, 0) is 4.79 Å². The van der Waals surface area contributed by atoms with E-state index in [9.17, 15) is 4.79 Å². The van der Waals surface area contributed by atoms with Crippen molar-refractivity contribution in [1.29, 1.82) is 0 Å². The standard InChI is InChI=1S/C13H18N2O2S/c1-7-11(9-5-10(9)13(16)17)18-12(14-7)8-3-4-15(2)6-8/h8-10H,3-6H2,1-2H3,(H,16,17). The molecule has 2 aliphatic rings.